The topological polar surface area (TPSA) is 43.4 Å². The van der Waals surface area contributed by atoms with Gasteiger partial charge in [0.15, 0.2) is 5.75 Å². The van der Waals surface area contributed by atoms with Gasteiger partial charge < -0.3 is 4.18 Å². The van der Waals surface area contributed by atoms with Crippen LogP contribution in [0, 0.1) is 0 Å². The molecule has 0 aliphatic carbocycles. The van der Waals surface area contributed by atoms with E-state index in [4.69, 9.17) is 0 Å². The molecular formula is C16H15F3O3S. The predicted molar refractivity (Wildman–Crippen MR) is 82.7 cm³/mol. The number of hydrogen-bond acceptors (Lipinski definition) is 3. The number of benzene rings is 2. The maximum absolute atomic E-state index is 12.6. The molecule has 0 N–H and O–H groups in total. The highest BCUT2D eigenvalue weighted by molar-refractivity contribution is 7.88. The molecule has 0 saturated heterocycles. The molecular weight excluding hydrogens is 329 g/mol. The van der Waals surface area contributed by atoms with Crippen LogP contribution >= 0.6 is 0 Å². The Labute approximate surface area is 132 Å². The van der Waals surface area contributed by atoms with E-state index in [-0.39, 0.29) is 5.75 Å². The van der Waals surface area contributed by atoms with E-state index in [0.29, 0.717) is 29.2 Å². The van der Waals surface area contributed by atoms with Crippen LogP contribution in [-0.2, 0) is 16.5 Å². The molecule has 23 heavy (non-hydrogen) atoms. The molecule has 0 unspecified atom stereocenters. The van der Waals surface area contributed by atoms with E-state index in [2.05, 4.69) is 10.8 Å². The van der Waals surface area contributed by atoms with E-state index in [0.717, 1.165) is 5.57 Å². The largest absolute Gasteiger partial charge is 0.534 e. The van der Waals surface area contributed by atoms with Crippen LogP contribution in [0.4, 0.5) is 13.2 Å². The molecule has 0 saturated carbocycles. The molecule has 0 aromatic heterocycles. The summed E-state index contributed by atoms with van der Waals surface area (Å²) >= 11 is 0. The second-order valence-electron chi connectivity index (χ2n) is 5.22. The minimum atomic E-state index is -5.73. The molecule has 0 spiro atoms. The summed E-state index contributed by atoms with van der Waals surface area (Å²) < 4.78 is 65.2. The molecule has 0 atom stereocenters. The number of halogens is 3. The molecule has 3 nitrogen and oxygen atoms in total. The van der Waals surface area contributed by atoms with Crippen LogP contribution in [0.25, 0.3) is 10.8 Å². The lowest BCUT2D eigenvalue weighted by Gasteiger charge is -2.15. The Hall–Kier alpha value is -2.02. The maximum atomic E-state index is 12.6. The monoisotopic (exact) mass is 344 g/mol. The lowest BCUT2D eigenvalue weighted by atomic mass is 10.0. The van der Waals surface area contributed by atoms with E-state index < -0.39 is 15.6 Å². The van der Waals surface area contributed by atoms with Crippen LogP contribution in [0.3, 0.4) is 0 Å². The van der Waals surface area contributed by atoms with Gasteiger partial charge >= 0.3 is 15.6 Å². The quantitative estimate of drug-likeness (QED) is 0.453. The Morgan fingerprint density at radius 2 is 1.83 bits per heavy atom. The first-order chi connectivity index (χ1) is 10.6. The lowest BCUT2D eigenvalue weighted by molar-refractivity contribution is -0.0499. The molecule has 0 heterocycles. The minimum absolute atomic E-state index is 0.276. The smallest absolute Gasteiger partial charge is 0.375 e. The van der Waals surface area contributed by atoms with E-state index in [1.54, 1.807) is 37.3 Å². The highest BCUT2D eigenvalue weighted by Crippen LogP contribution is 2.35. The Balaban J connectivity index is 2.57. The summed E-state index contributed by atoms with van der Waals surface area (Å²) in [5, 5.41) is 0.915. The van der Waals surface area contributed by atoms with E-state index >= 15 is 0 Å². The standard InChI is InChI=1S/C16H15F3O3S/c1-11(2)7-8-13-10-9-12-5-3-4-6-14(12)15(13)22-23(20,21)16(17,18)19/h3-6,9-10H,1,7-8H2,2H3. The normalized spacial score (nSPS) is 12.3. The first-order valence-electron chi connectivity index (χ1n) is 6.77. The average molecular weight is 344 g/mol. The Morgan fingerprint density at radius 3 is 2.43 bits per heavy atom. The fourth-order valence-corrected chi connectivity index (χ4v) is 2.60. The van der Waals surface area contributed by atoms with Crippen LogP contribution < -0.4 is 4.18 Å². The van der Waals surface area contributed by atoms with Crippen LogP contribution in [0.5, 0.6) is 5.75 Å². The Morgan fingerprint density at radius 1 is 1.17 bits per heavy atom. The molecule has 0 radical (unpaired) electrons. The molecule has 0 amide bonds. The zero-order valence-electron chi connectivity index (χ0n) is 12.4. The summed E-state index contributed by atoms with van der Waals surface area (Å²) in [4.78, 5) is 0. The average Bonchev–Trinajstić information content (AvgIpc) is 2.44. The molecule has 7 heteroatoms. The zero-order chi connectivity index (χ0) is 17.3. The molecule has 0 bridgehead atoms. The van der Waals surface area contributed by atoms with Crippen molar-refractivity contribution in [2.45, 2.75) is 25.3 Å². The van der Waals surface area contributed by atoms with Crippen LogP contribution in [0.15, 0.2) is 48.6 Å². The summed E-state index contributed by atoms with van der Waals surface area (Å²) in [6.45, 7) is 5.52. The van der Waals surface area contributed by atoms with Crippen molar-refractivity contribution in [3.8, 4) is 5.75 Å². The highest BCUT2D eigenvalue weighted by Gasteiger charge is 2.49. The van der Waals surface area contributed by atoms with Gasteiger partial charge in [-0.15, -0.1) is 6.58 Å². The van der Waals surface area contributed by atoms with Crippen molar-refractivity contribution in [2.75, 3.05) is 0 Å². The number of hydrogen-bond donors (Lipinski definition) is 0. The van der Waals surface area contributed by atoms with Crippen molar-refractivity contribution in [1.82, 2.24) is 0 Å². The van der Waals surface area contributed by atoms with Crippen molar-refractivity contribution in [3.05, 3.63) is 54.1 Å². The summed E-state index contributed by atoms with van der Waals surface area (Å²) in [6, 6.07) is 9.81. The second-order valence-corrected chi connectivity index (χ2v) is 6.75. The van der Waals surface area contributed by atoms with Crippen molar-refractivity contribution in [3.63, 3.8) is 0 Å². The molecule has 2 aromatic carbocycles. The molecule has 2 aromatic rings. The van der Waals surface area contributed by atoms with Gasteiger partial charge in [0.2, 0.25) is 0 Å². The van der Waals surface area contributed by atoms with Crippen LogP contribution in [0.1, 0.15) is 18.9 Å². The molecule has 0 aliphatic rings. The predicted octanol–water partition coefficient (Wildman–Crippen LogP) is 4.58. The van der Waals surface area contributed by atoms with Gasteiger partial charge in [-0.05, 0) is 30.7 Å². The third-order valence-electron chi connectivity index (χ3n) is 3.26. The van der Waals surface area contributed by atoms with Crippen LogP contribution in [0.2, 0.25) is 0 Å². The lowest BCUT2D eigenvalue weighted by Crippen LogP contribution is -2.28. The highest BCUT2D eigenvalue weighted by atomic mass is 32.2. The number of fused-ring (bicyclic) bond motifs is 1. The van der Waals surface area contributed by atoms with Gasteiger partial charge in [0, 0.05) is 5.39 Å². The fraction of sp³-hybridized carbons (Fsp3) is 0.250. The van der Waals surface area contributed by atoms with Gasteiger partial charge in [0.05, 0.1) is 0 Å². The van der Waals surface area contributed by atoms with Crippen molar-refractivity contribution >= 4 is 20.9 Å². The maximum Gasteiger partial charge on any atom is 0.534 e. The molecule has 0 fully saturated rings. The molecule has 0 aliphatic heterocycles. The third kappa shape index (κ3) is 3.85. The van der Waals surface area contributed by atoms with Gasteiger partial charge in [0.25, 0.3) is 0 Å². The van der Waals surface area contributed by atoms with Gasteiger partial charge in [0.1, 0.15) is 0 Å². The Kier molecular flexibility index (Phi) is 4.70. The van der Waals surface area contributed by atoms with E-state index in [1.807, 2.05) is 0 Å². The second kappa shape index (κ2) is 6.23. The van der Waals surface area contributed by atoms with Gasteiger partial charge in [-0.1, -0.05) is 42.0 Å². The molecule has 124 valence electrons. The number of allylic oxidation sites excluding steroid dienone is 1. The summed E-state index contributed by atoms with van der Waals surface area (Å²) in [5.41, 5.74) is -4.25. The first kappa shape index (κ1) is 17.3. The Bertz CT molecular complexity index is 839. The third-order valence-corrected chi connectivity index (χ3v) is 4.21. The molecule has 2 rings (SSSR count). The van der Waals surface area contributed by atoms with Gasteiger partial charge in [-0.25, -0.2) is 0 Å². The number of alkyl halides is 3. The van der Waals surface area contributed by atoms with Crippen molar-refractivity contribution in [1.29, 1.82) is 0 Å². The fourth-order valence-electron chi connectivity index (χ4n) is 2.09. The summed E-state index contributed by atoms with van der Waals surface area (Å²) in [6.07, 6.45) is 0.851. The van der Waals surface area contributed by atoms with Gasteiger partial charge in [-0.3, -0.25) is 0 Å². The van der Waals surface area contributed by atoms with E-state index in [9.17, 15) is 21.6 Å². The summed E-state index contributed by atoms with van der Waals surface area (Å²) in [5.74, 6) is -0.276. The van der Waals surface area contributed by atoms with Crippen molar-refractivity contribution < 1.29 is 25.8 Å². The number of aryl methyl sites for hydroxylation is 1. The van der Waals surface area contributed by atoms with Gasteiger partial charge in [-0.2, -0.15) is 21.6 Å². The zero-order valence-corrected chi connectivity index (χ0v) is 13.2. The SMILES string of the molecule is C=C(C)CCc1ccc2ccccc2c1OS(=O)(=O)C(F)(F)F. The van der Waals surface area contributed by atoms with Crippen molar-refractivity contribution in [2.24, 2.45) is 0 Å². The summed E-state index contributed by atoms with van der Waals surface area (Å²) in [7, 11) is -5.73. The minimum Gasteiger partial charge on any atom is -0.375 e. The van der Waals surface area contributed by atoms with E-state index in [1.165, 1.54) is 6.07 Å². The number of rotatable bonds is 5. The first-order valence-corrected chi connectivity index (χ1v) is 8.18. The van der Waals surface area contributed by atoms with Crippen LogP contribution in [-0.4, -0.2) is 13.9 Å².